The number of morpholine rings is 1. The number of amides is 1. The molecule has 0 aromatic carbocycles. The van der Waals surface area contributed by atoms with Gasteiger partial charge in [0.05, 0.1) is 22.4 Å². The van der Waals surface area contributed by atoms with E-state index in [0.717, 1.165) is 32.7 Å². The lowest BCUT2D eigenvalue weighted by atomic mass is 10.0. The summed E-state index contributed by atoms with van der Waals surface area (Å²) in [6.07, 6.45) is 1.07. The predicted octanol–water partition coefficient (Wildman–Crippen LogP) is 2.88. The molecule has 21 heavy (non-hydrogen) atoms. The second-order valence-electron chi connectivity index (χ2n) is 5.75. The van der Waals surface area contributed by atoms with Gasteiger partial charge in [-0.3, -0.25) is 9.69 Å². The molecule has 1 aliphatic heterocycles. The normalized spacial score (nSPS) is 17.9. The molecular formula is C15H23ClN2O2S. The zero-order valence-corrected chi connectivity index (χ0v) is 14.2. The largest absolute Gasteiger partial charge is 0.379 e. The fraction of sp³-hybridized carbons (Fsp3) is 0.667. The van der Waals surface area contributed by atoms with Gasteiger partial charge in [-0.25, -0.2) is 0 Å². The zero-order chi connectivity index (χ0) is 15.2. The van der Waals surface area contributed by atoms with Crippen molar-refractivity contribution < 1.29 is 9.53 Å². The van der Waals surface area contributed by atoms with Gasteiger partial charge < -0.3 is 10.1 Å². The number of hydrogen-bond acceptors (Lipinski definition) is 4. The number of hydrogen-bond donors (Lipinski definition) is 1. The maximum atomic E-state index is 12.1. The molecule has 1 amide bonds. The highest BCUT2D eigenvalue weighted by molar-refractivity contribution is 7.17. The average molecular weight is 331 g/mol. The number of carbonyl (C=O) groups excluding carboxylic acids is 1. The van der Waals surface area contributed by atoms with Crippen LogP contribution < -0.4 is 5.32 Å². The summed E-state index contributed by atoms with van der Waals surface area (Å²) in [7, 11) is 0. The first-order valence-corrected chi connectivity index (χ1v) is 8.61. The molecule has 1 fully saturated rings. The Bertz CT molecular complexity index is 458. The molecule has 1 unspecified atom stereocenters. The topological polar surface area (TPSA) is 41.6 Å². The van der Waals surface area contributed by atoms with E-state index in [1.165, 1.54) is 11.3 Å². The van der Waals surface area contributed by atoms with E-state index >= 15 is 0 Å². The Hall–Kier alpha value is -0.620. The van der Waals surface area contributed by atoms with Crippen molar-refractivity contribution in [3.63, 3.8) is 0 Å². The molecule has 118 valence electrons. The summed E-state index contributed by atoms with van der Waals surface area (Å²) in [6, 6.07) is 3.90. The Labute approximate surface area is 135 Å². The Balaban J connectivity index is 1.90. The van der Waals surface area contributed by atoms with Gasteiger partial charge in [-0.05, 0) is 24.5 Å². The first-order valence-electron chi connectivity index (χ1n) is 7.41. The van der Waals surface area contributed by atoms with E-state index in [9.17, 15) is 4.79 Å². The van der Waals surface area contributed by atoms with E-state index in [0.29, 0.717) is 27.7 Å². The number of thiophene rings is 1. The average Bonchev–Trinajstić information content (AvgIpc) is 2.90. The van der Waals surface area contributed by atoms with Gasteiger partial charge in [0.2, 0.25) is 0 Å². The van der Waals surface area contributed by atoms with E-state index < -0.39 is 0 Å². The van der Waals surface area contributed by atoms with Crippen molar-refractivity contribution in [1.82, 2.24) is 10.2 Å². The third-order valence-corrected chi connectivity index (χ3v) is 4.83. The highest BCUT2D eigenvalue weighted by atomic mass is 35.5. The van der Waals surface area contributed by atoms with Crippen LogP contribution in [0.4, 0.5) is 0 Å². The van der Waals surface area contributed by atoms with Crippen LogP contribution in [0.2, 0.25) is 4.34 Å². The van der Waals surface area contributed by atoms with Crippen molar-refractivity contribution in [2.45, 2.75) is 26.3 Å². The Morgan fingerprint density at radius 3 is 2.71 bits per heavy atom. The van der Waals surface area contributed by atoms with E-state index in [1.807, 2.05) is 0 Å². The summed E-state index contributed by atoms with van der Waals surface area (Å²) in [4.78, 5) is 15.2. The molecule has 6 heteroatoms. The number of halogens is 1. The van der Waals surface area contributed by atoms with E-state index in [2.05, 4.69) is 24.1 Å². The molecule has 1 N–H and O–H groups in total. The Morgan fingerprint density at radius 1 is 1.43 bits per heavy atom. The summed E-state index contributed by atoms with van der Waals surface area (Å²) in [5.74, 6) is 0.569. The first kappa shape index (κ1) is 16.7. The molecule has 2 heterocycles. The van der Waals surface area contributed by atoms with Crippen LogP contribution in [0.3, 0.4) is 0 Å². The van der Waals surface area contributed by atoms with Gasteiger partial charge in [-0.15, -0.1) is 11.3 Å². The number of nitrogens with one attached hydrogen (secondary N) is 1. The number of nitrogens with zero attached hydrogens (tertiary/aromatic N) is 1. The second kappa shape index (κ2) is 8.13. The maximum absolute atomic E-state index is 12.1. The van der Waals surface area contributed by atoms with Crippen LogP contribution in [0.15, 0.2) is 12.1 Å². The first-order chi connectivity index (χ1) is 10.1. The third-order valence-electron chi connectivity index (χ3n) is 3.60. The molecule has 1 aliphatic rings. The fourth-order valence-electron chi connectivity index (χ4n) is 2.58. The lowest BCUT2D eigenvalue weighted by Gasteiger charge is -2.35. The summed E-state index contributed by atoms with van der Waals surface area (Å²) in [5, 5.41) is 3.05. The third kappa shape index (κ3) is 5.25. The number of rotatable bonds is 6. The lowest BCUT2D eigenvalue weighted by molar-refractivity contribution is 0.0125. The van der Waals surface area contributed by atoms with Crippen LogP contribution in [-0.4, -0.2) is 49.7 Å². The van der Waals surface area contributed by atoms with Crippen LogP contribution in [-0.2, 0) is 4.74 Å². The van der Waals surface area contributed by atoms with Gasteiger partial charge in [0.1, 0.15) is 0 Å². The molecule has 4 nitrogen and oxygen atoms in total. The van der Waals surface area contributed by atoms with Crippen LogP contribution >= 0.6 is 22.9 Å². The van der Waals surface area contributed by atoms with Gasteiger partial charge in [-0.1, -0.05) is 25.4 Å². The fourth-order valence-corrected chi connectivity index (χ4v) is 3.54. The van der Waals surface area contributed by atoms with Crippen LogP contribution in [0.5, 0.6) is 0 Å². The molecule has 0 aliphatic carbocycles. The molecule has 1 saturated heterocycles. The molecule has 0 spiro atoms. The second-order valence-corrected chi connectivity index (χ2v) is 7.46. The van der Waals surface area contributed by atoms with Crippen LogP contribution in [0.1, 0.15) is 29.9 Å². The summed E-state index contributed by atoms with van der Waals surface area (Å²) in [6.45, 7) is 8.55. The smallest absolute Gasteiger partial charge is 0.261 e. The monoisotopic (exact) mass is 330 g/mol. The number of ether oxygens (including phenoxy) is 1. The molecule has 0 bridgehead atoms. The van der Waals surface area contributed by atoms with Crippen molar-refractivity contribution >= 4 is 28.8 Å². The van der Waals surface area contributed by atoms with Crippen LogP contribution in [0, 0.1) is 5.92 Å². The predicted molar refractivity (Wildman–Crippen MR) is 87.3 cm³/mol. The summed E-state index contributed by atoms with van der Waals surface area (Å²) < 4.78 is 6.06. The van der Waals surface area contributed by atoms with Crippen molar-refractivity contribution in [2.24, 2.45) is 5.92 Å². The maximum Gasteiger partial charge on any atom is 0.261 e. The molecule has 1 aromatic rings. The number of carbonyl (C=O) groups is 1. The molecule has 1 aromatic heterocycles. The van der Waals surface area contributed by atoms with Crippen LogP contribution in [0.25, 0.3) is 0 Å². The van der Waals surface area contributed by atoms with Crippen molar-refractivity contribution in [1.29, 1.82) is 0 Å². The molecule has 0 saturated carbocycles. The van der Waals surface area contributed by atoms with E-state index in [4.69, 9.17) is 16.3 Å². The lowest BCUT2D eigenvalue weighted by Crippen LogP contribution is -2.49. The Kier molecular flexibility index (Phi) is 6.48. The van der Waals surface area contributed by atoms with E-state index in [-0.39, 0.29) is 5.91 Å². The minimum Gasteiger partial charge on any atom is -0.379 e. The SMILES string of the molecule is CC(C)CC(CNC(=O)c1ccc(Cl)s1)N1CCOCC1. The minimum absolute atomic E-state index is 0.0334. The zero-order valence-electron chi connectivity index (χ0n) is 12.6. The molecule has 2 rings (SSSR count). The Morgan fingerprint density at radius 2 is 2.14 bits per heavy atom. The summed E-state index contributed by atoms with van der Waals surface area (Å²) in [5.41, 5.74) is 0. The molecule has 0 radical (unpaired) electrons. The van der Waals surface area contributed by atoms with Gasteiger partial charge >= 0.3 is 0 Å². The highest BCUT2D eigenvalue weighted by Gasteiger charge is 2.22. The van der Waals surface area contributed by atoms with Gasteiger partial charge in [0.25, 0.3) is 5.91 Å². The van der Waals surface area contributed by atoms with E-state index in [1.54, 1.807) is 12.1 Å². The highest BCUT2D eigenvalue weighted by Crippen LogP contribution is 2.21. The standard InChI is InChI=1S/C15H23ClN2O2S/c1-11(2)9-12(18-5-7-20-8-6-18)10-17-15(19)13-3-4-14(16)21-13/h3-4,11-12H,5-10H2,1-2H3,(H,17,19). The van der Waals surface area contributed by atoms with Crippen molar-refractivity contribution in [3.05, 3.63) is 21.3 Å². The molecular weight excluding hydrogens is 308 g/mol. The molecule has 1 atom stereocenters. The van der Waals surface area contributed by atoms with Crippen molar-refractivity contribution in [3.8, 4) is 0 Å². The van der Waals surface area contributed by atoms with Gasteiger partial charge in [-0.2, -0.15) is 0 Å². The van der Waals surface area contributed by atoms with Gasteiger partial charge in [0, 0.05) is 25.7 Å². The summed E-state index contributed by atoms with van der Waals surface area (Å²) >= 11 is 7.19. The minimum atomic E-state index is -0.0334. The van der Waals surface area contributed by atoms with Crippen molar-refractivity contribution in [2.75, 3.05) is 32.8 Å². The quantitative estimate of drug-likeness (QED) is 0.872. The van der Waals surface area contributed by atoms with Gasteiger partial charge in [0.15, 0.2) is 0 Å².